The zero-order chi connectivity index (χ0) is 12.5. The summed E-state index contributed by atoms with van der Waals surface area (Å²) < 4.78 is 5.62. The summed E-state index contributed by atoms with van der Waals surface area (Å²) in [4.78, 5) is 4.32. The molecule has 1 aliphatic heterocycles. The Labute approximate surface area is 106 Å². The Morgan fingerprint density at radius 3 is 3.06 bits per heavy atom. The molecule has 1 fully saturated rings. The van der Waals surface area contributed by atoms with Gasteiger partial charge in [-0.3, -0.25) is 4.98 Å². The predicted octanol–water partition coefficient (Wildman–Crippen LogP) is 2.69. The maximum Gasteiger partial charge on any atom is 0.105 e. The number of aromatic nitrogens is 1. The van der Waals surface area contributed by atoms with E-state index in [-0.39, 0.29) is 6.10 Å². The summed E-state index contributed by atoms with van der Waals surface area (Å²) in [5.74, 6) is 0.402. The number of nitrogens with zero attached hydrogens (tertiary/aromatic N) is 1. The van der Waals surface area contributed by atoms with E-state index >= 15 is 0 Å². The third-order valence-corrected chi connectivity index (χ3v) is 3.73. The average molecular weight is 243 g/mol. The largest absolute Gasteiger partial charge is 0.386 e. The lowest BCUT2D eigenvalue weighted by Gasteiger charge is -2.21. The molecule has 0 aliphatic carbocycles. The molecule has 18 heavy (non-hydrogen) atoms. The van der Waals surface area contributed by atoms with Gasteiger partial charge in [-0.2, -0.15) is 0 Å². The van der Waals surface area contributed by atoms with Gasteiger partial charge in [-0.05, 0) is 30.0 Å². The first kappa shape index (κ1) is 11.6. The van der Waals surface area contributed by atoms with E-state index in [4.69, 9.17) is 4.74 Å². The highest BCUT2D eigenvalue weighted by molar-refractivity contribution is 5.78. The van der Waals surface area contributed by atoms with Gasteiger partial charge < -0.3 is 9.84 Å². The number of hydrogen-bond acceptors (Lipinski definition) is 3. The molecule has 0 radical (unpaired) electrons. The van der Waals surface area contributed by atoms with Crippen LogP contribution in [0.5, 0.6) is 0 Å². The Morgan fingerprint density at radius 1 is 1.39 bits per heavy atom. The van der Waals surface area contributed by atoms with Crippen molar-refractivity contribution in [1.29, 1.82) is 0 Å². The second kappa shape index (κ2) is 4.67. The Bertz CT molecular complexity index is 555. The monoisotopic (exact) mass is 243 g/mol. The zero-order valence-electron chi connectivity index (χ0n) is 10.4. The van der Waals surface area contributed by atoms with E-state index in [1.54, 1.807) is 6.20 Å². The second-order valence-electron chi connectivity index (χ2n) is 5.00. The Morgan fingerprint density at radius 2 is 2.28 bits per heavy atom. The van der Waals surface area contributed by atoms with E-state index in [9.17, 15) is 5.11 Å². The molecular formula is C15H17NO2. The molecule has 3 atom stereocenters. The van der Waals surface area contributed by atoms with Crippen LogP contribution < -0.4 is 0 Å². The Balaban J connectivity index is 1.93. The summed E-state index contributed by atoms with van der Waals surface area (Å²) in [5.41, 5.74) is 1.81. The molecule has 0 bridgehead atoms. The van der Waals surface area contributed by atoms with Gasteiger partial charge in [-0.15, -0.1) is 0 Å². The molecule has 94 valence electrons. The van der Waals surface area contributed by atoms with Gasteiger partial charge in [0.2, 0.25) is 0 Å². The van der Waals surface area contributed by atoms with Crippen molar-refractivity contribution in [3.8, 4) is 0 Å². The Hall–Kier alpha value is -1.45. The highest BCUT2D eigenvalue weighted by Gasteiger charge is 2.31. The molecule has 1 saturated heterocycles. The van der Waals surface area contributed by atoms with Gasteiger partial charge in [0.25, 0.3) is 0 Å². The van der Waals surface area contributed by atoms with Gasteiger partial charge in [0.05, 0.1) is 11.6 Å². The average Bonchev–Trinajstić information content (AvgIpc) is 2.83. The van der Waals surface area contributed by atoms with Crippen LogP contribution in [0.2, 0.25) is 0 Å². The highest BCUT2D eigenvalue weighted by Crippen LogP contribution is 2.32. The molecule has 3 rings (SSSR count). The van der Waals surface area contributed by atoms with Crippen molar-refractivity contribution in [2.45, 2.75) is 25.6 Å². The standard InChI is InChI=1S/C15H17NO2/c1-10-6-8-18-15(10)14(17)12-5-4-11-3-2-7-16-13(11)9-12/h2-5,7,9-10,14-15,17H,6,8H2,1H3. The lowest BCUT2D eigenvalue weighted by molar-refractivity contribution is -0.0177. The van der Waals surface area contributed by atoms with Crippen molar-refractivity contribution in [2.24, 2.45) is 5.92 Å². The van der Waals surface area contributed by atoms with E-state index in [1.165, 1.54) is 0 Å². The molecule has 3 unspecified atom stereocenters. The minimum atomic E-state index is -0.561. The van der Waals surface area contributed by atoms with Gasteiger partial charge in [0.1, 0.15) is 6.10 Å². The van der Waals surface area contributed by atoms with E-state index in [0.717, 1.165) is 29.5 Å². The number of pyridine rings is 1. The quantitative estimate of drug-likeness (QED) is 0.881. The van der Waals surface area contributed by atoms with Gasteiger partial charge >= 0.3 is 0 Å². The van der Waals surface area contributed by atoms with Crippen LogP contribution in [0.15, 0.2) is 36.5 Å². The molecule has 0 spiro atoms. The maximum atomic E-state index is 10.4. The number of hydrogen-bond donors (Lipinski definition) is 1. The van der Waals surface area contributed by atoms with Gasteiger partial charge in [0, 0.05) is 18.2 Å². The fourth-order valence-electron chi connectivity index (χ4n) is 2.58. The molecular weight excluding hydrogens is 226 g/mol. The first-order chi connectivity index (χ1) is 8.75. The van der Waals surface area contributed by atoms with Crippen molar-refractivity contribution < 1.29 is 9.84 Å². The third-order valence-electron chi connectivity index (χ3n) is 3.73. The smallest absolute Gasteiger partial charge is 0.105 e. The van der Waals surface area contributed by atoms with Crippen molar-refractivity contribution in [1.82, 2.24) is 4.98 Å². The highest BCUT2D eigenvalue weighted by atomic mass is 16.5. The number of benzene rings is 1. The summed E-state index contributed by atoms with van der Waals surface area (Å²) in [7, 11) is 0. The molecule has 1 N–H and O–H groups in total. The number of aliphatic hydroxyl groups excluding tert-OH is 1. The summed E-state index contributed by atoms with van der Waals surface area (Å²) in [6.45, 7) is 2.87. The molecule has 2 heterocycles. The molecule has 2 aromatic rings. The lowest BCUT2D eigenvalue weighted by atomic mass is 9.94. The number of aliphatic hydroxyl groups is 1. The first-order valence-corrected chi connectivity index (χ1v) is 6.40. The predicted molar refractivity (Wildman–Crippen MR) is 70.2 cm³/mol. The van der Waals surface area contributed by atoms with Crippen LogP contribution in [0.4, 0.5) is 0 Å². The van der Waals surface area contributed by atoms with E-state index < -0.39 is 6.10 Å². The van der Waals surface area contributed by atoms with E-state index in [0.29, 0.717) is 5.92 Å². The van der Waals surface area contributed by atoms with Crippen LogP contribution in [-0.4, -0.2) is 22.8 Å². The van der Waals surface area contributed by atoms with Crippen LogP contribution in [0.25, 0.3) is 10.9 Å². The minimum Gasteiger partial charge on any atom is -0.386 e. The van der Waals surface area contributed by atoms with Crippen LogP contribution >= 0.6 is 0 Å². The second-order valence-corrected chi connectivity index (χ2v) is 5.00. The normalized spacial score (nSPS) is 25.4. The summed E-state index contributed by atoms with van der Waals surface area (Å²) in [6.07, 6.45) is 2.14. The van der Waals surface area contributed by atoms with Crippen molar-refractivity contribution in [3.05, 3.63) is 42.1 Å². The molecule has 1 aromatic carbocycles. The van der Waals surface area contributed by atoms with Gasteiger partial charge in [-0.1, -0.05) is 25.1 Å². The van der Waals surface area contributed by atoms with Gasteiger partial charge in [-0.25, -0.2) is 0 Å². The van der Waals surface area contributed by atoms with E-state index in [1.807, 2.05) is 30.3 Å². The number of fused-ring (bicyclic) bond motifs is 1. The number of ether oxygens (including phenoxy) is 1. The topological polar surface area (TPSA) is 42.4 Å². The molecule has 3 nitrogen and oxygen atoms in total. The SMILES string of the molecule is CC1CCOC1C(O)c1ccc2cccnc2c1. The summed E-state index contributed by atoms with van der Waals surface area (Å²) in [6, 6.07) is 9.85. The molecule has 1 aliphatic rings. The van der Waals surface area contributed by atoms with E-state index in [2.05, 4.69) is 11.9 Å². The molecule has 0 amide bonds. The maximum absolute atomic E-state index is 10.4. The molecule has 3 heteroatoms. The summed E-state index contributed by atoms with van der Waals surface area (Å²) in [5, 5.41) is 11.5. The fourth-order valence-corrected chi connectivity index (χ4v) is 2.58. The summed E-state index contributed by atoms with van der Waals surface area (Å²) >= 11 is 0. The third kappa shape index (κ3) is 2.00. The molecule has 0 saturated carbocycles. The van der Waals surface area contributed by atoms with Gasteiger partial charge in [0.15, 0.2) is 0 Å². The zero-order valence-corrected chi connectivity index (χ0v) is 10.4. The fraction of sp³-hybridized carbons (Fsp3) is 0.400. The van der Waals surface area contributed by atoms with Crippen molar-refractivity contribution in [3.63, 3.8) is 0 Å². The van der Waals surface area contributed by atoms with Crippen LogP contribution in [0.3, 0.4) is 0 Å². The first-order valence-electron chi connectivity index (χ1n) is 6.40. The minimum absolute atomic E-state index is 0.0915. The lowest BCUT2D eigenvalue weighted by Crippen LogP contribution is -2.22. The van der Waals surface area contributed by atoms with Crippen LogP contribution in [0, 0.1) is 5.92 Å². The van der Waals surface area contributed by atoms with Crippen molar-refractivity contribution >= 4 is 10.9 Å². The van der Waals surface area contributed by atoms with Crippen molar-refractivity contribution in [2.75, 3.05) is 6.61 Å². The Kier molecular flexibility index (Phi) is 3.02. The van der Waals surface area contributed by atoms with Crippen LogP contribution in [0.1, 0.15) is 25.0 Å². The molecule has 1 aromatic heterocycles. The number of rotatable bonds is 2. The van der Waals surface area contributed by atoms with Crippen LogP contribution in [-0.2, 0) is 4.74 Å².